The molecule has 3 heterocycles. The Hall–Kier alpha value is -2.83. The second kappa shape index (κ2) is 7.06. The Morgan fingerprint density at radius 1 is 1.22 bits per heavy atom. The highest BCUT2D eigenvalue weighted by atomic mass is 16.7. The Balaban J connectivity index is 1.42. The number of hydrogen-bond acceptors (Lipinski definition) is 5. The molecule has 0 bridgehead atoms. The summed E-state index contributed by atoms with van der Waals surface area (Å²) >= 11 is 0. The number of likely N-dealkylation sites (tertiary alicyclic amines) is 1. The first-order chi connectivity index (χ1) is 13.0. The summed E-state index contributed by atoms with van der Waals surface area (Å²) in [6.07, 6.45) is 4.26. The van der Waals surface area contributed by atoms with E-state index in [-0.39, 0.29) is 23.7 Å². The van der Waals surface area contributed by atoms with Crippen molar-refractivity contribution < 1.29 is 14.3 Å². The van der Waals surface area contributed by atoms with E-state index in [0.29, 0.717) is 31.6 Å². The molecule has 4 rings (SSSR count). The quantitative estimate of drug-likeness (QED) is 0.870. The number of fused-ring (bicyclic) bond motifs is 1. The van der Waals surface area contributed by atoms with Crippen LogP contribution in [0.1, 0.15) is 31.0 Å². The number of ether oxygens (including phenoxy) is 2. The Bertz CT molecular complexity index is 910. The van der Waals surface area contributed by atoms with Crippen LogP contribution in [0.4, 0.5) is 0 Å². The number of carbonyl (C=O) groups excluding carboxylic acids is 1. The van der Waals surface area contributed by atoms with Gasteiger partial charge in [0.1, 0.15) is 0 Å². The molecule has 1 unspecified atom stereocenters. The van der Waals surface area contributed by atoms with Gasteiger partial charge in [0.2, 0.25) is 12.7 Å². The van der Waals surface area contributed by atoms with Gasteiger partial charge < -0.3 is 19.4 Å². The molecule has 1 fully saturated rings. The van der Waals surface area contributed by atoms with E-state index >= 15 is 0 Å². The van der Waals surface area contributed by atoms with Crippen LogP contribution in [0.3, 0.4) is 0 Å². The largest absolute Gasteiger partial charge is 0.454 e. The topological polar surface area (TPSA) is 84.5 Å². The number of nitrogens with zero attached hydrogens (tertiary/aromatic N) is 2. The van der Waals surface area contributed by atoms with Crippen LogP contribution in [0.2, 0.25) is 0 Å². The highest BCUT2D eigenvalue weighted by Gasteiger charge is 2.35. The third-order valence-electron chi connectivity index (χ3n) is 5.31. The van der Waals surface area contributed by atoms with Gasteiger partial charge in [0.25, 0.3) is 5.56 Å². The predicted molar refractivity (Wildman–Crippen MR) is 98.8 cm³/mol. The van der Waals surface area contributed by atoms with Crippen LogP contribution >= 0.6 is 0 Å². The van der Waals surface area contributed by atoms with Gasteiger partial charge in [-0.25, -0.2) is 4.98 Å². The lowest BCUT2D eigenvalue weighted by Gasteiger charge is -2.40. The highest BCUT2D eigenvalue weighted by Crippen LogP contribution is 2.37. The Morgan fingerprint density at radius 3 is 2.93 bits per heavy atom. The predicted octanol–water partition coefficient (Wildman–Crippen LogP) is 1.91. The first-order valence-corrected chi connectivity index (χ1v) is 9.21. The Labute approximate surface area is 157 Å². The summed E-state index contributed by atoms with van der Waals surface area (Å²) < 4.78 is 10.9. The highest BCUT2D eigenvalue weighted by molar-refractivity contribution is 5.77. The molecule has 7 heteroatoms. The molecule has 1 aromatic carbocycles. The minimum Gasteiger partial charge on any atom is -0.454 e. The molecule has 142 valence electrons. The Kier molecular flexibility index (Phi) is 4.59. The molecule has 1 amide bonds. The van der Waals surface area contributed by atoms with E-state index in [1.165, 1.54) is 18.0 Å². The molecule has 27 heavy (non-hydrogen) atoms. The van der Waals surface area contributed by atoms with E-state index in [1.807, 2.05) is 17.0 Å². The standard InChI is InChI=1S/C20H23N3O4/c1-20(10-14-2-3-16-17(8-14)27-13-26-16)6-4-19(25)23(11-20)7-5-15-9-18(24)22-12-21-15/h2-3,8-9,12H,4-7,10-11,13H2,1H3,(H,21,22,24). The molecule has 0 spiro atoms. The summed E-state index contributed by atoms with van der Waals surface area (Å²) in [4.78, 5) is 32.4. The van der Waals surface area contributed by atoms with Crippen molar-refractivity contribution in [3.8, 4) is 11.5 Å². The van der Waals surface area contributed by atoms with Gasteiger partial charge in [0.15, 0.2) is 11.5 Å². The van der Waals surface area contributed by atoms with Crippen LogP contribution in [0.15, 0.2) is 35.4 Å². The van der Waals surface area contributed by atoms with Crippen LogP contribution in [-0.2, 0) is 17.6 Å². The molecule has 0 saturated carbocycles. The second-order valence-electron chi connectivity index (χ2n) is 7.64. The van der Waals surface area contributed by atoms with Gasteiger partial charge in [-0.3, -0.25) is 9.59 Å². The third-order valence-corrected chi connectivity index (χ3v) is 5.31. The van der Waals surface area contributed by atoms with Crippen molar-refractivity contribution in [3.05, 3.63) is 52.2 Å². The molecule has 0 aliphatic carbocycles. The van der Waals surface area contributed by atoms with E-state index in [2.05, 4.69) is 23.0 Å². The van der Waals surface area contributed by atoms with Gasteiger partial charge in [0, 0.05) is 37.7 Å². The van der Waals surface area contributed by atoms with E-state index < -0.39 is 0 Å². The summed E-state index contributed by atoms with van der Waals surface area (Å²) in [6, 6.07) is 7.54. The number of benzene rings is 1. The van der Waals surface area contributed by atoms with Crippen LogP contribution < -0.4 is 15.0 Å². The maximum absolute atomic E-state index is 12.4. The SMILES string of the molecule is CC1(Cc2ccc3c(c2)OCO3)CCC(=O)N(CCc2cc(=O)[nH]cn2)C1. The van der Waals surface area contributed by atoms with Gasteiger partial charge in [0.05, 0.1) is 6.33 Å². The molecule has 1 saturated heterocycles. The van der Waals surface area contributed by atoms with E-state index in [4.69, 9.17) is 9.47 Å². The lowest BCUT2D eigenvalue weighted by Crippen LogP contribution is -2.47. The lowest BCUT2D eigenvalue weighted by atomic mass is 9.76. The number of nitrogens with one attached hydrogen (secondary N) is 1. The number of aromatic nitrogens is 2. The molecule has 7 nitrogen and oxygen atoms in total. The van der Waals surface area contributed by atoms with E-state index in [9.17, 15) is 9.59 Å². The van der Waals surface area contributed by atoms with Crippen molar-refractivity contribution in [1.29, 1.82) is 0 Å². The zero-order valence-electron chi connectivity index (χ0n) is 15.4. The molecule has 2 aliphatic rings. The van der Waals surface area contributed by atoms with Gasteiger partial charge >= 0.3 is 0 Å². The zero-order chi connectivity index (χ0) is 18.9. The third kappa shape index (κ3) is 3.97. The van der Waals surface area contributed by atoms with Crippen molar-refractivity contribution in [3.63, 3.8) is 0 Å². The van der Waals surface area contributed by atoms with Gasteiger partial charge in [-0.1, -0.05) is 13.0 Å². The molecule has 0 radical (unpaired) electrons. The van der Waals surface area contributed by atoms with E-state index in [0.717, 1.165) is 24.3 Å². The Morgan fingerprint density at radius 2 is 2.07 bits per heavy atom. The fraction of sp³-hybridized carbons (Fsp3) is 0.450. The maximum atomic E-state index is 12.4. The van der Waals surface area contributed by atoms with Crippen LogP contribution in [0, 0.1) is 5.41 Å². The lowest BCUT2D eigenvalue weighted by molar-refractivity contribution is -0.137. The monoisotopic (exact) mass is 369 g/mol. The van der Waals surface area contributed by atoms with Crippen molar-refractivity contribution in [1.82, 2.24) is 14.9 Å². The summed E-state index contributed by atoms with van der Waals surface area (Å²) in [6.45, 7) is 3.77. The number of hydrogen-bond donors (Lipinski definition) is 1. The number of rotatable bonds is 5. The van der Waals surface area contributed by atoms with Crippen molar-refractivity contribution in [2.24, 2.45) is 5.41 Å². The van der Waals surface area contributed by atoms with Gasteiger partial charge in [-0.05, 0) is 36.0 Å². The van der Waals surface area contributed by atoms with Crippen LogP contribution in [0.25, 0.3) is 0 Å². The summed E-state index contributed by atoms with van der Waals surface area (Å²) in [5.41, 5.74) is 1.72. The molecule has 1 atom stereocenters. The summed E-state index contributed by atoms with van der Waals surface area (Å²) in [5, 5.41) is 0. The van der Waals surface area contributed by atoms with E-state index in [1.54, 1.807) is 0 Å². The second-order valence-corrected chi connectivity index (χ2v) is 7.64. The maximum Gasteiger partial charge on any atom is 0.250 e. The number of piperidine rings is 1. The minimum atomic E-state index is -0.169. The minimum absolute atomic E-state index is 0.00317. The van der Waals surface area contributed by atoms with Gasteiger partial charge in [-0.15, -0.1) is 0 Å². The fourth-order valence-electron chi connectivity index (χ4n) is 3.88. The zero-order valence-corrected chi connectivity index (χ0v) is 15.4. The number of carbonyl (C=O) groups is 1. The van der Waals surface area contributed by atoms with Crippen LogP contribution in [-0.4, -0.2) is 40.7 Å². The molecular weight excluding hydrogens is 346 g/mol. The van der Waals surface area contributed by atoms with Crippen LogP contribution in [0.5, 0.6) is 11.5 Å². The van der Waals surface area contributed by atoms with Crippen molar-refractivity contribution in [2.75, 3.05) is 19.9 Å². The van der Waals surface area contributed by atoms with Crippen molar-refractivity contribution in [2.45, 2.75) is 32.6 Å². The fourth-order valence-corrected chi connectivity index (χ4v) is 3.88. The smallest absolute Gasteiger partial charge is 0.250 e. The first-order valence-electron chi connectivity index (χ1n) is 9.21. The molecule has 1 aromatic heterocycles. The molecular formula is C20H23N3O4. The summed E-state index contributed by atoms with van der Waals surface area (Å²) in [7, 11) is 0. The van der Waals surface area contributed by atoms with Gasteiger partial charge in [-0.2, -0.15) is 0 Å². The normalized spacial score (nSPS) is 21.5. The average molecular weight is 369 g/mol. The number of H-pyrrole nitrogens is 1. The molecule has 2 aromatic rings. The molecule has 2 aliphatic heterocycles. The first kappa shape index (κ1) is 17.6. The molecule has 1 N–H and O–H groups in total. The number of amides is 1. The van der Waals surface area contributed by atoms with Crippen molar-refractivity contribution >= 4 is 5.91 Å². The number of aromatic amines is 1. The summed E-state index contributed by atoms with van der Waals surface area (Å²) in [5.74, 6) is 1.75. The average Bonchev–Trinajstić information content (AvgIpc) is 3.10.